The minimum absolute atomic E-state index is 0.0390. The van der Waals surface area contributed by atoms with Gasteiger partial charge < -0.3 is 10.2 Å². The summed E-state index contributed by atoms with van der Waals surface area (Å²) in [5.41, 5.74) is 2.50. The monoisotopic (exact) mass is 631 g/mol. The van der Waals surface area contributed by atoms with Gasteiger partial charge in [0, 0.05) is 24.0 Å². The molecule has 7 nitrogen and oxygen atoms in total. The standard InChI is InChI=1S/C35H38ClN3O4S/c1-4-26(2)37-35(41)33(23-28-15-8-5-9-16-28)38(24-29-17-10-6-11-18-29)34(40)25-39(32-22-14-21-31(36)27(32)3)44(42,43)30-19-12-7-13-20-30/h5-22,26,33H,4,23-25H2,1-3H3,(H,37,41)/t26-,33+/m1/s1. The second-order valence-corrected chi connectivity index (χ2v) is 13.0. The molecule has 4 aromatic carbocycles. The summed E-state index contributed by atoms with van der Waals surface area (Å²) in [6, 6.07) is 30.8. The molecule has 0 aliphatic rings. The Bertz CT molecular complexity index is 1650. The van der Waals surface area contributed by atoms with Crippen molar-refractivity contribution in [2.45, 2.75) is 57.1 Å². The molecule has 0 aliphatic heterocycles. The lowest BCUT2D eigenvalue weighted by molar-refractivity contribution is -0.140. The van der Waals surface area contributed by atoms with E-state index in [9.17, 15) is 18.0 Å². The van der Waals surface area contributed by atoms with E-state index in [2.05, 4.69) is 5.32 Å². The van der Waals surface area contributed by atoms with Gasteiger partial charge in [-0.25, -0.2) is 8.42 Å². The van der Waals surface area contributed by atoms with E-state index in [4.69, 9.17) is 11.6 Å². The number of nitrogens with zero attached hydrogens (tertiary/aromatic N) is 2. The van der Waals surface area contributed by atoms with Crippen molar-refractivity contribution in [3.8, 4) is 0 Å². The Hall–Kier alpha value is -4.14. The van der Waals surface area contributed by atoms with Crippen molar-refractivity contribution in [2.24, 2.45) is 0 Å². The first kappa shape index (κ1) is 32.8. The maximum atomic E-state index is 14.5. The molecule has 0 unspecified atom stereocenters. The molecule has 0 saturated heterocycles. The average Bonchev–Trinajstić information content (AvgIpc) is 3.04. The highest BCUT2D eigenvalue weighted by molar-refractivity contribution is 7.92. The summed E-state index contributed by atoms with van der Waals surface area (Å²) in [5.74, 6) is -0.822. The number of hydrogen-bond acceptors (Lipinski definition) is 4. The molecule has 0 radical (unpaired) electrons. The van der Waals surface area contributed by atoms with Gasteiger partial charge in [0.15, 0.2) is 0 Å². The second kappa shape index (κ2) is 15.0. The van der Waals surface area contributed by atoms with Gasteiger partial charge in [-0.3, -0.25) is 13.9 Å². The Morgan fingerprint density at radius 3 is 1.98 bits per heavy atom. The van der Waals surface area contributed by atoms with Gasteiger partial charge in [0.05, 0.1) is 10.6 Å². The predicted molar refractivity (Wildman–Crippen MR) is 176 cm³/mol. The van der Waals surface area contributed by atoms with Crippen molar-refractivity contribution in [3.05, 3.63) is 131 Å². The maximum absolute atomic E-state index is 14.5. The number of carbonyl (C=O) groups excluding carboxylic acids is 2. The topological polar surface area (TPSA) is 86.8 Å². The first-order valence-corrected chi connectivity index (χ1v) is 16.4. The molecule has 0 aromatic heterocycles. The molecule has 230 valence electrons. The number of hydrogen-bond donors (Lipinski definition) is 1. The zero-order chi connectivity index (χ0) is 31.7. The van der Waals surface area contributed by atoms with Crippen LogP contribution in [0.4, 0.5) is 5.69 Å². The molecule has 2 atom stereocenters. The molecule has 0 bridgehead atoms. The lowest BCUT2D eigenvalue weighted by Gasteiger charge is -2.34. The van der Waals surface area contributed by atoms with Gasteiger partial charge in [-0.05, 0) is 61.2 Å². The number of nitrogens with one attached hydrogen (secondary N) is 1. The van der Waals surface area contributed by atoms with E-state index in [0.717, 1.165) is 15.4 Å². The first-order valence-electron chi connectivity index (χ1n) is 14.6. The molecular formula is C35H38ClN3O4S. The fourth-order valence-electron chi connectivity index (χ4n) is 4.87. The van der Waals surface area contributed by atoms with Gasteiger partial charge in [0.25, 0.3) is 10.0 Å². The molecule has 4 rings (SSSR count). The second-order valence-electron chi connectivity index (χ2n) is 10.7. The average molecular weight is 632 g/mol. The van der Waals surface area contributed by atoms with Crippen LogP contribution < -0.4 is 9.62 Å². The Morgan fingerprint density at radius 1 is 0.818 bits per heavy atom. The van der Waals surface area contributed by atoms with Gasteiger partial charge in [0.2, 0.25) is 11.8 Å². The summed E-state index contributed by atoms with van der Waals surface area (Å²) in [6.07, 6.45) is 0.969. The molecule has 0 saturated carbocycles. The normalized spacial score (nSPS) is 12.6. The van der Waals surface area contributed by atoms with E-state index in [1.807, 2.05) is 74.5 Å². The molecule has 0 heterocycles. The zero-order valence-corrected chi connectivity index (χ0v) is 26.8. The number of amides is 2. The van der Waals surface area contributed by atoms with Gasteiger partial charge in [0.1, 0.15) is 12.6 Å². The maximum Gasteiger partial charge on any atom is 0.264 e. The van der Waals surface area contributed by atoms with Gasteiger partial charge >= 0.3 is 0 Å². The molecule has 9 heteroatoms. The fourth-order valence-corrected chi connectivity index (χ4v) is 6.54. The van der Waals surface area contributed by atoms with Crippen molar-refractivity contribution >= 4 is 39.1 Å². The number of benzene rings is 4. The number of carbonyl (C=O) groups is 2. The van der Waals surface area contributed by atoms with E-state index in [-0.39, 0.29) is 35.5 Å². The molecular weight excluding hydrogens is 594 g/mol. The van der Waals surface area contributed by atoms with Crippen LogP contribution in [0.25, 0.3) is 0 Å². The number of rotatable bonds is 13. The minimum Gasteiger partial charge on any atom is -0.352 e. The third-order valence-corrected chi connectivity index (χ3v) is 9.77. The number of anilines is 1. The number of sulfonamides is 1. The summed E-state index contributed by atoms with van der Waals surface area (Å²) < 4.78 is 29.3. The van der Waals surface area contributed by atoms with Gasteiger partial charge in [-0.15, -0.1) is 0 Å². The van der Waals surface area contributed by atoms with E-state index >= 15 is 0 Å². The highest BCUT2D eigenvalue weighted by Gasteiger charge is 2.35. The summed E-state index contributed by atoms with van der Waals surface area (Å²) in [7, 11) is -4.20. The lowest BCUT2D eigenvalue weighted by Crippen LogP contribution is -2.54. The third-order valence-electron chi connectivity index (χ3n) is 7.59. The number of halogens is 1. The van der Waals surface area contributed by atoms with Crippen molar-refractivity contribution in [2.75, 3.05) is 10.8 Å². The van der Waals surface area contributed by atoms with Crippen LogP contribution in [0.15, 0.2) is 114 Å². The van der Waals surface area contributed by atoms with Crippen molar-refractivity contribution < 1.29 is 18.0 Å². The van der Waals surface area contributed by atoms with Crippen LogP contribution >= 0.6 is 11.6 Å². The summed E-state index contributed by atoms with van der Waals surface area (Å²) in [5, 5.41) is 3.42. The Labute approximate surface area is 265 Å². The molecule has 0 aliphatic carbocycles. The molecule has 1 N–H and O–H groups in total. The van der Waals surface area contributed by atoms with Crippen LogP contribution in [-0.4, -0.2) is 43.8 Å². The first-order chi connectivity index (χ1) is 21.1. The van der Waals surface area contributed by atoms with Crippen LogP contribution in [0.3, 0.4) is 0 Å². The summed E-state index contributed by atoms with van der Waals surface area (Å²) in [6.45, 7) is 5.18. The SMILES string of the molecule is CC[C@@H](C)NC(=O)[C@H](Cc1ccccc1)N(Cc1ccccc1)C(=O)CN(c1cccc(Cl)c1C)S(=O)(=O)c1ccccc1. The summed E-state index contributed by atoms with van der Waals surface area (Å²) in [4.78, 5) is 29.9. The summed E-state index contributed by atoms with van der Waals surface area (Å²) >= 11 is 6.44. The third kappa shape index (κ3) is 8.07. The van der Waals surface area contributed by atoms with E-state index < -0.39 is 28.5 Å². The Morgan fingerprint density at radius 2 is 1.39 bits per heavy atom. The Balaban J connectivity index is 1.82. The quantitative estimate of drug-likeness (QED) is 0.185. The zero-order valence-electron chi connectivity index (χ0n) is 25.2. The van der Waals surface area contributed by atoms with Crippen molar-refractivity contribution in [1.29, 1.82) is 0 Å². The van der Waals surface area contributed by atoms with E-state index in [1.165, 1.54) is 17.0 Å². The highest BCUT2D eigenvalue weighted by Crippen LogP contribution is 2.31. The Kier molecular flexibility index (Phi) is 11.2. The van der Waals surface area contributed by atoms with Crippen molar-refractivity contribution in [1.82, 2.24) is 10.2 Å². The van der Waals surface area contributed by atoms with E-state index in [1.54, 1.807) is 43.3 Å². The molecule has 0 spiro atoms. The van der Waals surface area contributed by atoms with Crippen LogP contribution in [-0.2, 0) is 32.6 Å². The van der Waals surface area contributed by atoms with Crippen molar-refractivity contribution in [3.63, 3.8) is 0 Å². The fraction of sp³-hybridized carbons (Fsp3) is 0.257. The van der Waals surface area contributed by atoms with E-state index in [0.29, 0.717) is 17.0 Å². The molecule has 4 aromatic rings. The minimum atomic E-state index is -4.20. The highest BCUT2D eigenvalue weighted by atomic mass is 35.5. The van der Waals surface area contributed by atoms with Gasteiger partial charge in [-0.2, -0.15) is 0 Å². The predicted octanol–water partition coefficient (Wildman–Crippen LogP) is 6.40. The largest absolute Gasteiger partial charge is 0.352 e. The lowest BCUT2D eigenvalue weighted by atomic mass is 10.0. The smallest absolute Gasteiger partial charge is 0.264 e. The van der Waals surface area contributed by atoms with Gasteiger partial charge in [-0.1, -0.05) is 103 Å². The molecule has 2 amide bonds. The van der Waals surface area contributed by atoms with Crippen LogP contribution in [0.1, 0.15) is 37.0 Å². The van der Waals surface area contributed by atoms with Crippen LogP contribution in [0.5, 0.6) is 0 Å². The van der Waals surface area contributed by atoms with Crippen LogP contribution in [0, 0.1) is 6.92 Å². The van der Waals surface area contributed by atoms with Crippen LogP contribution in [0.2, 0.25) is 5.02 Å². The molecule has 44 heavy (non-hydrogen) atoms. The molecule has 0 fully saturated rings.